The van der Waals surface area contributed by atoms with Gasteiger partial charge in [-0.1, -0.05) is 6.58 Å². The molecule has 68 valence electrons. The van der Waals surface area contributed by atoms with E-state index in [1.165, 1.54) is 31.3 Å². The van der Waals surface area contributed by atoms with Crippen molar-refractivity contribution in [3.63, 3.8) is 0 Å². The van der Waals surface area contributed by atoms with E-state index in [1.54, 1.807) is 0 Å². The molecule has 1 N–H and O–H groups in total. The zero-order valence-corrected chi connectivity index (χ0v) is 7.30. The number of anilines is 1. The predicted molar refractivity (Wildman–Crippen MR) is 50.2 cm³/mol. The van der Waals surface area contributed by atoms with Crippen molar-refractivity contribution in [3.05, 3.63) is 42.4 Å². The maximum atomic E-state index is 12.7. The Morgan fingerprint density at radius 3 is 2.85 bits per heavy atom. The molecule has 0 aliphatic heterocycles. The van der Waals surface area contributed by atoms with Crippen LogP contribution < -0.4 is 5.32 Å². The van der Waals surface area contributed by atoms with Crippen LogP contribution in [-0.4, -0.2) is 5.78 Å². The number of halogens is 1. The molecule has 0 aromatic heterocycles. The van der Waals surface area contributed by atoms with Crippen molar-refractivity contribution in [2.24, 2.45) is 0 Å². The van der Waals surface area contributed by atoms with E-state index in [1.807, 2.05) is 0 Å². The van der Waals surface area contributed by atoms with Crippen LogP contribution in [0.4, 0.5) is 10.1 Å². The van der Waals surface area contributed by atoms with Crippen LogP contribution in [0, 0.1) is 5.82 Å². The molecule has 2 nitrogen and oxygen atoms in total. The monoisotopic (exact) mass is 179 g/mol. The van der Waals surface area contributed by atoms with Crippen LogP contribution in [-0.2, 0) is 0 Å². The quantitative estimate of drug-likeness (QED) is 0.722. The molecule has 0 heterocycles. The summed E-state index contributed by atoms with van der Waals surface area (Å²) in [5.74, 6) is -0.594. The van der Waals surface area contributed by atoms with Gasteiger partial charge in [-0.3, -0.25) is 4.79 Å². The first kappa shape index (κ1) is 9.45. The lowest BCUT2D eigenvalue weighted by Gasteiger charge is -2.05. The zero-order valence-electron chi connectivity index (χ0n) is 7.30. The molecule has 0 saturated carbocycles. The highest BCUT2D eigenvalue weighted by Crippen LogP contribution is 2.17. The van der Waals surface area contributed by atoms with Gasteiger partial charge in [-0.15, -0.1) is 0 Å². The first-order valence-corrected chi connectivity index (χ1v) is 3.83. The van der Waals surface area contributed by atoms with Gasteiger partial charge < -0.3 is 5.32 Å². The summed E-state index contributed by atoms with van der Waals surface area (Å²) in [7, 11) is 0. The second-order valence-electron chi connectivity index (χ2n) is 2.59. The highest BCUT2D eigenvalue weighted by atomic mass is 19.1. The Labute approximate surface area is 76.1 Å². The van der Waals surface area contributed by atoms with Gasteiger partial charge in [-0.2, -0.15) is 0 Å². The van der Waals surface area contributed by atoms with Crippen molar-refractivity contribution >= 4 is 11.5 Å². The molecule has 0 bridgehead atoms. The van der Waals surface area contributed by atoms with Crippen molar-refractivity contribution in [1.29, 1.82) is 0 Å². The van der Waals surface area contributed by atoms with Crippen LogP contribution in [0.3, 0.4) is 0 Å². The number of benzene rings is 1. The van der Waals surface area contributed by atoms with E-state index in [0.29, 0.717) is 11.3 Å². The number of nitrogens with one attached hydrogen (secondary N) is 1. The smallest absolute Gasteiger partial charge is 0.161 e. The molecule has 0 fully saturated rings. The van der Waals surface area contributed by atoms with Gasteiger partial charge in [0.15, 0.2) is 5.78 Å². The van der Waals surface area contributed by atoms with Crippen molar-refractivity contribution < 1.29 is 9.18 Å². The Hall–Kier alpha value is -1.64. The van der Waals surface area contributed by atoms with Gasteiger partial charge >= 0.3 is 0 Å². The van der Waals surface area contributed by atoms with Gasteiger partial charge in [-0.05, 0) is 31.3 Å². The highest BCUT2D eigenvalue weighted by molar-refractivity contribution is 5.99. The van der Waals surface area contributed by atoms with Crippen molar-refractivity contribution in [1.82, 2.24) is 0 Å². The molecule has 0 atom stereocenters. The lowest BCUT2D eigenvalue weighted by Crippen LogP contribution is -1.99. The first-order valence-electron chi connectivity index (χ1n) is 3.83. The Morgan fingerprint density at radius 2 is 2.31 bits per heavy atom. The molecule has 0 amide bonds. The number of rotatable bonds is 3. The van der Waals surface area contributed by atoms with E-state index in [2.05, 4.69) is 11.9 Å². The van der Waals surface area contributed by atoms with Crippen molar-refractivity contribution in [3.8, 4) is 0 Å². The Morgan fingerprint density at radius 1 is 1.62 bits per heavy atom. The summed E-state index contributed by atoms with van der Waals surface area (Å²) < 4.78 is 12.7. The number of ketones is 1. The molecular formula is C10H10FNO. The van der Waals surface area contributed by atoms with E-state index in [-0.39, 0.29) is 5.78 Å². The molecule has 0 spiro atoms. The summed E-state index contributed by atoms with van der Waals surface area (Å²) in [5, 5.41) is 2.76. The number of carbonyl (C=O) groups excluding carboxylic acids is 1. The van der Waals surface area contributed by atoms with Crippen molar-refractivity contribution in [2.75, 3.05) is 5.32 Å². The molecule has 0 aliphatic rings. The molecule has 1 rings (SSSR count). The van der Waals surface area contributed by atoms with E-state index in [4.69, 9.17) is 0 Å². The summed E-state index contributed by atoms with van der Waals surface area (Å²) in [5.41, 5.74) is 0.906. The van der Waals surface area contributed by atoms with E-state index < -0.39 is 5.82 Å². The molecule has 3 heteroatoms. The number of hydrogen-bond acceptors (Lipinski definition) is 2. The molecule has 0 aliphatic carbocycles. The van der Waals surface area contributed by atoms with E-state index in [9.17, 15) is 9.18 Å². The summed E-state index contributed by atoms with van der Waals surface area (Å²) in [6.45, 7) is 4.85. The third-order valence-electron chi connectivity index (χ3n) is 1.62. The summed E-state index contributed by atoms with van der Waals surface area (Å²) >= 11 is 0. The van der Waals surface area contributed by atoms with Crippen LogP contribution in [0.5, 0.6) is 0 Å². The Balaban J connectivity index is 3.17. The van der Waals surface area contributed by atoms with Gasteiger partial charge in [0.1, 0.15) is 5.82 Å². The Kier molecular flexibility index (Phi) is 2.80. The topological polar surface area (TPSA) is 29.1 Å². The third-order valence-corrected chi connectivity index (χ3v) is 1.62. The first-order chi connectivity index (χ1) is 6.15. The molecule has 0 radical (unpaired) electrons. The summed E-state index contributed by atoms with van der Waals surface area (Å²) in [6.07, 6.45) is 1.44. The van der Waals surface area contributed by atoms with Gasteiger partial charge in [-0.25, -0.2) is 4.39 Å². The number of Topliss-reactive ketones (excluding diaryl/α,β-unsaturated/α-hetero) is 1. The number of carbonyl (C=O) groups is 1. The van der Waals surface area contributed by atoms with Crippen LogP contribution in [0.15, 0.2) is 31.0 Å². The Bertz CT molecular complexity index is 347. The normalized spacial score (nSPS) is 9.38. The zero-order chi connectivity index (χ0) is 9.84. The van der Waals surface area contributed by atoms with Crippen molar-refractivity contribution in [2.45, 2.75) is 6.92 Å². The van der Waals surface area contributed by atoms with Gasteiger partial charge in [0.05, 0.1) is 0 Å². The lowest BCUT2D eigenvalue weighted by atomic mass is 10.1. The largest absolute Gasteiger partial charge is 0.362 e. The van der Waals surface area contributed by atoms with Gasteiger partial charge in [0.2, 0.25) is 0 Å². The average Bonchev–Trinajstić information content (AvgIpc) is 2.08. The molecule has 0 unspecified atom stereocenters. The third kappa shape index (κ3) is 2.15. The molecular weight excluding hydrogens is 169 g/mol. The van der Waals surface area contributed by atoms with Gasteiger partial charge in [0.25, 0.3) is 0 Å². The van der Waals surface area contributed by atoms with Crippen LogP contribution in [0.2, 0.25) is 0 Å². The van der Waals surface area contributed by atoms with Crippen LogP contribution >= 0.6 is 0 Å². The molecule has 1 aromatic carbocycles. The van der Waals surface area contributed by atoms with Crippen LogP contribution in [0.25, 0.3) is 0 Å². The fourth-order valence-electron chi connectivity index (χ4n) is 1.04. The minimum absolute atomic E-state index is 0.177. The highest BCUT2D eigenvalue weighted by Gasteiger charge is 2.06. The van der Waals surface area contributed by atoms with E-state index >= 15 is 0 Å². The maximum absolute atomic E-state index is 12.7. The second-order valence-corrected chi connectivity index (χ2v) is 2.59. The minimum atomic E-state index is -0.417. The predicted octanol–water partition coefficient (Wildman–Crippen LogP) is 2.58. The standard InChI is InChI=1S/C10H10FNO/c1-3-12-10-5-4-8(11)6-9(10)7(2)13/h3-6,12H,1H2,2H3. The van der Waals surface area contributed by atoms with E-state index in [0.717, 1.165) is 0 Å². The average molecular weight is 179 g/mol. The minimum Gasteiger partial charge on any atom is -0.362 e. The molecule has 13 heavy (non-hydrogen) atoms. The lowest BCUT2D eigenvalue weighted by molar-refractivity contribution is 0.101. The number of hydrogen-bond donors (Lipinski definition) is 1. The molecule has 0 saturated heterocycles. The fourth-order valence-corrected chi connectivity index (χ4v) is 1.04. The fraction of sp³-hybridized carbons (Fsp3) is 0.100. The summed E-state index contributed by atoms with van der Waals surface area (Å²) in [6, 6.07) is 4.00. The van der Waals surface area contributed by atoms with Gasteiger partial charge in [0, 0.05) is 11.3 Å². The maximum Gasteiger partial charge on any atom is 0.161 e. The summed E-state index contributed by atoms with van der Waals surface area (Å²) in [4.78, 5) is 11.1. The SMILES string of the molecule is C=CNc1ccc(F)cc1C(C)=O. The molecule has 1 aromatic rings. The second kappa shape index (κ2) is 3.85. The van der Waals surface area contributed by atoms with Crippen LogP contribution in [0.1, 0.15) is 17.3 Å².